The van der Waals surface area contributed by atoms with E-state index in [4.69, 9.17) is 0 Å². The number of nitrogens with zero attached hydrogens (tertiary/aromatic N) is 1. The van der Waals surface area contributed by atoms with Gasteiger partial charge in [0.15, 0.2) is 9.84 Å². The van der Waals surface area contributed by atoms with E-state index < -0.39 is 9.84 Å². The predicted molar refractivity (Wildman–Crippen MR) is 88.3 cm³/mol. The lowest BCUT2D eigenvalue weighted by Crippen LogP contribution is -2.13. The lowest BCUT2D eigenvalue weighted by atomic mass is 10.2. The lowest BCUT2D eigenvalue weighted by Gasteiger charge is -2.07. The second-order valence-electron chi connectivity index (χ2n) is 5.60. The summed E-state index contributed by atoms with van der Waals surface area (Å²) in [6.07, 6.45) is 2.30. The van der Waals surface area contributed by atoms with Gasteiger partial charge in [0.25, 0.3) is 5.91 Å². The first-order chi connectivity index (χ1) is 11.0. The second kappa shape index (κ2) is 6.12. The zero-order chi connectivity index (χ0) is 16.4. The molecule has 0 saturated heterocycles. The molecule has 0 spiro atoms. The van der Waals surface area contributed by atoms with E-state index in [2.05, 4.69) is 10.3 Å². The highest BCUT2D eigenvalue weighted by Crippen LogP contribution is 2.39. The molecule has 6 heteroatoms. The van der Waals surface area contributed by atoms with E-state index in [0.29, 0.717) is 17.3 Å². The summed E-state index contributed by atoms with van der Waals surface area (Å²) in [7, 11) is -3.25. The summed E-state index contributed by atoms with van der Waals surface area (Å²) in [5, 5.41) is 2.75. The van der Waals surface area contributed by atoms with Crippen LogP contribution < -0.4 is 5.32 Å². The molecule has 1 heterocycles. The van der Waals surface area contributed by atoms with Crippen LogP contribution in [0.15, 0.2) is 47.4 Å². The molecule has 0 atom stereocenters. The Morgan fingerprint density at radius 3 is 2.48 bits per heavy atom. The maximum absolute atomic E-state index is 12.2. The molecule has 23 heavy (non-hydrogen) atoms. The summed E-state index contributed by atoms with van der Waals surface area (Å²) in [6, 6.07) is 11.6. The van der Waals surface area contributed by atoms with Crippen LogP contribution in [0.3, 0.4) is 0 Å². The molecule has 1 aromatic heterocycles. The average molecular weight is 330 g/mol. The van der Waals surface area contributed by atoms with Crippen LogP contribution in [0.2, 0.25) is 0 Å². The fourth-order valence-electron chi connectivity index (χ4n) is 2.30. The quantitative estimate of drug-likeness (QED) is 0.914. The Hall–Kier alpha value is -2.21. The Morgan fingerprint density at radius 1 is 1.17 bits per heavy atom. The number of pyridine rings is 1. The molecule has 0 aliphatic heterocycles. The molecule has 2 aromatic rings. The van der Waals surface area contributed by atoms with Gasteiger partial charge in [0.1, 0.15) is 5.82 Å². The largest absolute Gasteiger partial charge is 0.307 e. The number of sulfone groups is 1. The zero-order valence-corrected chi connectivity index (χ0v) is 13.6. The number of nitrogens with one attached hydrogen (secondary N) is 1. The van der Waals surface area contributed by atoms with E-state index in [-0.39, 0.29) is 16.6 Å². The van der Waals surface area contributed by atoms with Crippen LogP contribution in [-0.2, 0) is 9.84 Å². The SMILES string of the molecule is CCS(=O)(=O)c1ccc(C(=O)Nc2cccc(C3CC3)n2)cc1. The number of benzene rings is 1. The third-order valence-corrected chi connectivity index (χ3v) is 5.61. The van der Waals surface area contributed by atoms with Gasteiger partial charge >= 0.3 is 0 Å². The van der Waals surface area contributed by atoms with E-state index in [1.54, 1.807) is 13.0 Å². The monoisotopic (exact) mass is 330 g/mol. The van der Waals surface area contributed by atoms with Crippen LogP contribution in [0.4, 0.5) is 5.82 Å². The molecule has 1 aromatic carbocycles. The van der Waals surface area contributed by atoms with Crippen molar-refractivity contribution >= 4 is 21.6 Å². The molecule has 0 bridgehead atoms. The maximum Gasteiger partial charge on any atom is 0.256 e. The van der Waals surface area contributed by atoms with Crippen LogP contribution >= 0.6 is 0 Å². The lowest BCUT2D eigenvalue weighted by molar-refractivity contribution is 0.102. The topological polar surface area (TPSA) is 76.1 Å². The molecule has 0 unspecified atom stereocenters. The van der Waals surface area contributed by atoms with Crippen LogP contribution in [0, 0.1) is 0 Å². The van der Waals surface area contributed by atoms with Gasteiger partial charge in [-0.05, 0) is 49.2 Å². The number of anilines is 1. The molecule has 1 N–H and O–H groups in total. The van der Waals surface area contributed by atoms with Gasteiger partial charge in [-0.25, -0.2) is 13.4 Å². The van der Waals surface area contributed by atoms with Gasteiger partial charge < -0.3 is 5.32 Å². The highest BCUT2D eigenvalue weighted by molar-refractivity contribution is 7.91. The molecule has 1 amide bonds. The minimum atomic E-state index is -3.25. The minimum absolute atomic E-state index is 0.0381. The van der Waals surface area contributed by atoms with Gasteiger partial charge in [-0.1, -0.05) is 13.0 Å². The first kappa shape index (κ1) is 15.7. The third kappa shape index (κ3) is 3.59. The number of aromatic nitrogens is 1. The van der Waals surface area contributed by atoms with Gasteiger partial charge in [-0.2, -0.15) is 0 Å². The van der Waals surface area contributed by atoms with E-state index in [9.17, 15) is 13.2 Å². The fraction of sp³-hybridized carbons (Fsp3) is 0.294. The minimum Gasteiger partial charge on any atom is -0.307 e. The van der Waals surface area contributed by atoms with Crippen LogP contribution in [0.1, 0.15) is 41.7 Å². The van der Waals surface area contributed by atoms with Crippen molar-refractivity contribution in [2.45, 2.75) is 30.6 Å². The number of hydrogen-bond acceptors (Lipinski definition) is 4. The van der Waals surface area contributed by atoms with Crippen molar-refractivity contribution in [3.8, 4) is 0 Å². The Bertz CT molecular complexity index is 825. The number of carbonyl (C=O) groups excluding carboxylic acids is 1. The molecule has 1 fully saturated rings. The van der Waals surface area contributed by atoms with E-state index >= 15 is 0 Å². The smallest absolute Gasteiger partial charge is 0.256 e. The Labute approximate surface area is 135 Å². The van der Waals surface area contributed by atoms with Crippen molar-refractivity contribution in [2.24, 2.45) is 0 Å². The molecule has 1 aliphatic rings. The number of hydrogen-bond donors (Lipinski definition) is 1. The van der Waals surface area contributed by atoms with Gasteiger partial charge in [0, 0.05) is 17.2 Å². The Morgan fingerprint density at radius 2 is 1.87 bits per heavy atom. The molecule has 5 nitrogen and oxygen atoms in total. The van der Waals surface area contributed by atoms with Crippen molar-refractivity contribution in [2.75, 3.05) is 11.1 Å². The zero-order valence-electron chi connectivity index (χ0n) is 12.8. The first-order valence-electron chi connectivity index (χ1n) is 7.61. The number of rotatable bonds is 5. The molecule has 3 rings (SSSR count). The standard InChI is InChI=1S/C17H18N2O3S/c1-2-23(21,22)14-10-8-13(9-11-14)17(20)19-16-5-3-4-15(18-16)12-6-7-12/h3-5,8-12H,2,6-7H2,1H3,(H,18,19,20). The highest BCUT2D eigenvalue weighted by Gasteiger charge is 2.25. The van der Waals surface area contributed by atoms with E-state index in [0.717, 1.165) is 18.5 Å². The van der Waals surface area contributed by atoms with Crippen molar-refractivity contribution in [3.05, 3.63) is 53.7 Å². The normalized spacial score (nSPS) is 14.5. The van der Waals surface area contributed by atoms with Crippen molar-refractivity contribution in [3.63, 3.8) is 0 Å². The second-order valence-corrected chi connectivity index (χ2v) is 7.88. The van der Waals surface area contributed by atoms with Crippen LogP contribution in [0.5, 0.6) is 0 Å². The van der Waals surface area contributed by atoms with Crippen molar-refractivity contribution < 1.29 is 13.2 Å². The summed E-state index contributed by atoms with van der Waals surface area (Å²) >= 11 is 0. The molecule has 1 saturated carbocycles. The summed E-state index contributed by atoms with van der Waals surface area (Å²) in [6.45, 7) is 1.59. The molecule has 1 aliphatic carbocycles. The third-order valence-electron chi connectivity index (χ3n) is 3.86. The molecular weight excluding hydrogens is 312 g/mol. The van der Waals surface area contributed by atoms with Crippen LogP contribution in [-0.4, -0.2) is 25.1 Å². The van der Waals surface area contributed by atoms with E-state index in [1.165, 1.54) is 24.3 Å². The maximum atomic E-state index is 12.2. The number of carbonyl (C=O) groups is 1. The summed E-state index contributed by atoms with van der Waals surface area (Å²) in [5.74, 6) is 0.775. The van der Waals surface area contributed by atoms with Crippen molar-refractivity contribution in [1.82, 2.24) is 4.98 Å². The van der Waals surface area contributed by atoms with Crippen LogP contribution in [0.25, 0.3) is 0 Å². The first-order valence-corrected chi connectivity index (χ1v) is 9.26. The number of amides is 1. The molecule has 120 valence electrons. The Balaban J connectivity index is 1.74. The average Bonchev–Trinajstić information content (AvgIpc) is 3.40. The summed E-state index contributed by atoms with van der Waals surface area (Å²) < 4.78 is 23.5. The highest BCUT2D eigenvalue weighted by atomic mass is 32.2. The van der Waals surface area contributed by atoms with E-state index in [1.807, 2.05) is 12.1 Å². The summed E-state index contributed by atoms with van der Waals surface area (Å²) in [4.78, 5) is 16.9. The molecular formula is C17H18N2O3S. The predicted octanol–water partition coefficient (Wildman–Crippen LogP) is 3.00. The van der Waals surface area contributed by atoms with Crippen molar-refractivity contribution in [1.29, 1.82) is 0 Å². The van der Waals surface area contributed by atoms with Gasteiger partial charge in [-0.15, -0.1) is 0 Å². The molecule has 0 radical (unpaired) electrons. The fourth-order valence-corrected chi connectivity index (χ4v) is 3.18. The van der Waals surface area contributed by atoms with Gasteiger partial charge in [0.2, 0.25) is 0 Å². The van der Waals surface area contributed by atoms with Gasteiger partial charge in [0.05, 0.1) is 10.6 Å². The Kier molecular flexibility index (Phi) is 4.17. The summed E-state index contributed by atoms with van der Waals surface area (Å²) in [5.41, 5.74) is 1.41. The van der Waals surface area contributed by atoms with Gasteiger partial charge in [-0.3, -0.25) is 4.79 Å².